The fourth-order valence-corrected chi connectivity index (χ4v) is 2.24. The quantitative estimate of drug-likeness (QED) is 0.642. The number of rotatable bonds is 5. The van der Waals surface area contributed by atoms with Gasteiger partial charge in [-0.2, -0.15) is 0 Å². The Morgan fingerprint density at radius 3 is 2.65 bits per heavy atom. The standard InChI is InChI=1S/C12H22N2O3/c1-12(2)6-5-9(8-12)14-11(17)13-7-3-4-10(15)16/h9H,3-8H2,1-2H3,(H,15,16)(H2,13,14,17). The molecule has 17 heavy (non-hydrogen) atoms. The minimum absolute atomic E-state index is 0.0940. The van der Waals surface area contributed by atoms with E-state index in [9.17, 15) is 9.59 Å². The van der Waals surface area contributed by atoms with E-state index in [2.05, 4.69) is 24.5 Å². The van der Waals surface area contributed by atoms with Crippen molar-refractivity contribution in [1.82, 2.24) is 10.6 Å². The lowest BCUT2D eigenvalue weighted by Gasteiger charge is -2.18. The second-order valence-electron chi connectivity index (χ2n) is 5.50. The van der Waals surface area contributed by atoms with E-state index >= 15 is 0 Å². The van der Waals surface area contributed by atoms with E-state index in [1.807, 2.05) is 0 Å². The highest BCUT2D eigenvalue weighted by atomic mass is 16.4. The number of urea groups is 1. The Morgan fingerprint density at radius 1 is 1.41 bits per heavy atom. The van der Waals surface area contributed by atoms with Crippen molar-refractivity contribution in [2.45, 2.75) is 52.0 Å². The zero-order valence-electron chi connectivity index (χ0n) is 10.6. The molecule has 1 rings (SSSR count). The maximum absolute atomic E-state index is 11.5. The molecule has 3 N–H and O–H groups in total. The minimum Gasteiger partial charge on any atom is -0.481 e. The van der Waals surface area contributed by atoms with Crippen LogP contribution in [0.2, 0.25) is 0 Å². The largest absolute Gasteiger partial charge is 0.481 e. The fourth-order valence-electron chi connectivity index (χ4n) is 2.24. The van der Waals surface area contributed by atoms with E-state index in [1.165, 1.54) is 0 Å². The Hall–Kier alpha value is -1.26. The second kappa shape index (κ2) is 5.89. The zero-order chi connectivity index (χ0) is 12.9. The molecule has 0 saturated heterocycles. The topological polar surface area (TPSA) is 78.4 Å². The number of nitrogens with one attached hydrogen (secondary N) is 2. The van der Waals surface area contributed by atoms with Crippen molar-refractivity contribution < 1.29 is 14.7 Å². The van der Waals surface area contributed by atoms with E-state index < -0.39 is 5.97 Å². The lowest BCUT2D eigenvalue weighted by atomic mass is 9.92. The SMILES string of the molecule is CC1(C)CCC(NC(=O)NCCCC(=O)O)C1. The number of carbonyl (C=O) groups excluding carboxylic acids is 1. The Morgan fingerprint density at radius 2 is 2.12 bits per heavy atom. The maximum atomic E-state index is 11.5. The molecule has 1 fully saturated rings. The Bertz CT molecular complexity index is 289. The second-order valence-corrected chi connectivity index (χ2v) is 5.50. The fraction of sp³-hybridized carbons (Fsp3) is 0.833. The molecule has 5 heteroatoms. The highest BCUT2D eigenvalue weighted by Gasteiger charge is 2.31. The molecule has 98 valence electrons. The number of carbonyl (C=O) groups is 2. The van der Waals surface area contributed by atoms with Crippen molar-refractivity contribution in [3.63, 3.8) is 0 Å². The number of carboxylic acid groups (broad SMARTS) is 1. The number of hydrogen-bond donors (Lipinski definition) is 3. The molecular weight excluding hydrogens is 220 g/mol. The summed E-state index contributed by atoms with van der Waals surface area (Å²) in [4.78, 5) is 21.8. The first-order chi connectivity index (χ1) is 7.89. The molecule has 1 atom stereocenters. The van der Waals surface area contributed by atoms with Gasteiger partial charge in [0.05, 0.1) is 0 Å². The predicted molar refractivity (Wildman–Crippen MR) is 64.8 cm³/mol. The smallest absolute Gasteiger partial charge is 0.315 e. The Labute approximate surface area is 102 Å². The molecule has 0 aromatic rings. The van der Waals surface area contributed by atoms with Gasteiger partial charge in [0.1, 0.15) is 0 Å². The molecule has 5 nitrogen and oxygen atoms in total. The summed E-state index contributed by atoms with van der Waals surface area (Å²) in [5.74, 6) is -0.829. The minimum atomic E-state index is -0.829. The molecule has 1 aliphatic rings. The van der Waals surface area contributed by atoms with Crippen LogP contribution in [0.15, 0.2) is 0 Å². The van der Waals surface area contributed by atoms with Crippen LogP contribution in [-0.2, 0) is 4.79 Å². The first kappa shape index (κ1) is 13.8. The molecule has 1 aliphatic carbocycles. The van der Waals surface area contributed by atoms with Gasteiger partial charge in [-0.05, 0) is 31.1 Å². The van der Waals surface area contributed by atoms with Gasteiger partial charge in [-0.15, -0.1) is 0 Å². The molecule has 0 aliphatic heterocycles. The van der Waals surface area contributed by atoms with E-state index in [1.54, 1.807) is 0 Å². The van der Waals surface area contributed by atoms with Gasteiger partial charge in [0.2, 0.25) is 0 Å². The Kier molecular flexibility index (Phi) is 4.78. The van der Waals surface area contributed by atoms with Crippen molar-refractivity contribution in [2.75, 3.05) is 6.54 Å². The first-order valence-corrected chi connectivity index (χ1v) is 6.15. The van der Waals surface area contributed by atoms with Crippen LogP contribution in [0.3, 0.4) is 0 Å². The summed E-state index contributed by atoms with van der Waals surface area (Å²) in [6.07, 6.45) is 3.73. The summed E-state index contributed by atoms with van der Waals surface area (Å²) in [5, 5.41) is 14.0. The molecule has 0 aromatic carbocycles. The van der Waals surface area contributed by atoms with Gasteiger partial charge in [0.15, 0.2) is 0 Å². The van der Waals surface area contributed by atoms with Crippen molar-refractivity contribution in [3.8, 4) is 0 Å². The highest BCUT2D eigenvalue weighted by molar-refractivity contribution is 5.74. The van der Waals surface area contributed by atoms with E-state index in [-0.39, 0.29) is 18.5 Å². The molecule has 0 radical (unpaired) electrons. The van der Waals surface area contributed by atoms with Gasteiger partial charge in [-0.3, -0.25) is 4.79 Å². The van der Waals surface area contributed by atoms with Gasteiger partial charge in [0.25, 0.3) is 0 Å². The molecule has 0 heterocycles. The van der Waals surface area contributed by atoms with Crippen LogP contribution in [0.4, 0.5) is 4.79 Å². The third kappa shape index (κ3) is 5.56. The summed E-state index contributed by atoms with van der Waals surface area (Å²) in [7, 11) is 0. The number of amides is 2. The van der Waals surface area contributed by atoms with Gasteiger partial charge in [-0.1, -0.05) is 13.8 Å². The normalized spacial score (nSPS) is 22.1. The average Bonchev–Trinajstić information content (AvgIpc) is 2.52. The van der Waals surface area contributed by atoms with Crippen LogP contribution < -0.4 is 10.6 Å². The summed E-state index contributed by atoms with van der Waals surface area (Å²) >= 11 is 0. The van der Waals surface area contributed by atoms with Gasteiger partial charge >= 0.3 is 12.0 Å². The molecule has 1 saturated carbocycles. The van der Waals surface area contributed by atoms with Crippen LogP contribution in [-0.4, -0.2) is 29.7 Å². The molecule has 0 spiro atoms. The van der Waals surface area contributed by atoms with Crippen LogP contribution in [0.25, 0.3) is 0 Å². The van der Waals surface area contributed by atoms with Crippen LogP contribution >= 0.6 is 0 Å². The van der Waals surface area contributed by atoms with Gasteiger partial charge in [0, 0.05) is 19.0 Å². The van der Waals surface area contributed by atoms with Gasteiger partial charge < -0.3 is 15.7 Å². The molecule has 0 aromatic heterocycles. The zero-order valence-corrected chi connectivity index (χ0v) is 10.6. The molecule has 1 unspecified atom stereocenters. The monoisotopic (exact) mass is 242 g/mol. The van der Waals surface area contributed by atoms with Crippen molar-refractivity contribution >= 4 is 12.0 Å². The summed E-state index contributed by atoms with van der Waals surface area (Å²) in [6.45, 7) is 4.83. The van der Waals surface area contributed by atoms with Crippen LogP contribution in [0, 0.1) is 5.41 Å². The molecule has 0 bridgehead atoms. The van der Waals surface area contributed by atoms with Crippen molar-refractivity contribution in [1.29, 1.82) is 0 Å². The van der Waals surface area contributed by atoms with Gasteiger partial charge in [-0.25, -0.2) is 4.79 Å². The number of hydrogen-bond acceptors (Lipinski definition) is 2. The van der Waals surface area contributed by atoms with E-state index in [0.29, 0.717) is 18.4 Å². The maximum Gasteiger partial charge on any atom is 0.315 e. The molecule has 2 amide bonds. The van der Waals surface area contributed by atoms with E-state index in [4.69, 9.17) is 5.11 Å². The summed E-state index contributed by atoms with van der Waals surface area (Å²) < 4.78 is 0. The average molecular weight is 242 g/mol. The van der Waals surface area contributed by atoms with E-state index in [0.717, 1.165) is 19.3 Å². The number of carboxylic acids is 1. The Balaban J connectivity index is 2.11. The highest BCUT2D eigenvalue weighted by Crippen LogP contribution is 2.36. The van der Waals surface area contributed by atoms with Crippen LogP contribution in [0.5, 0.6) is 0 Å². The number of aliphatic carboxylic acids is 1. The van der Waals surface area contributed by atoms with Crippen molar-refractivity contribution in [3.05, 3.63) is 0 Å². The lowest BCUT2D eigenvalue weighted by Crippen LogP contribution is -2.41. The lowest BCUT2D eigenvalue weighted by molar-refractivity contribution is -0.137. The first-order valence-electron chi connectivity index (χ1n) is 6.15. The third-order valence-electron chi connectivity index (χ3n) is 3.16. The summed E-state index contributed by atoms with van der Waals surface area (Å²) in [5.41, 5.74) is 0.321. The third-order valence-corrected chi connectivity index (χ3v) is 3.16. The molecular formula is C12H22N2O3. The summed E-state index contributed by atoms with van der Waals surface area (Å²) in [6, 6.07) is 0.0718. The van der Waals surface area contributed by atoms with Crippen LogP contribution in [0.1, 0.15) is 46.0 Å². The van der Waals surface area contributed by atoms with Crippen molar-refractivity contribution in [2.24, 2.45) is 5.41 Å². The predicted octanol–water partition coefficient (Wildman–Crippen LogP) is 1.73.